The summed E-state index contributed by atoms with van der Waals surface area (Å²) >= 11 is 0. The maximum atomic E-state index is 15.0. The van der Waals surface area contributed by atoms with Gasteiger partial charge in [-0.1, -0.05) is 91.0 Å². The zero-order chi connectivity index (χ0) is 39.5. The van der Waals surface area contributed by atoms with Crippen molar-refractivity contribution in [3.05, 3.63) is 198 Å². The summed E-state index contributed by atoms with van der Waals surface area (Å²) in [5, 5.41) is 24.9. The van der Waals surface area contributed by atoms with Gasteiger partial charge in [0.15, 0.2) is 5.69 Å². The van der Waals surface area contributed by atoms with Crippen molar-refractivity contribution in [3.63, 3.8) is 0 Å². The molecule has 0 atom stereocenters. The van der Waals surface area contributed by atoms with Gasteiger partial charge in [0, 0.05) is 27.6 Å². The standard InChI is InChI=1S/C51H27F2N5/c1-56-45-15-7-4-12-39(45)32-19-21-49-43(25-32)41-14-6-9-17-47(41)58(49)51-27-35(34-22-36(52)28-37(53)23-34)26-50(44(51)30-55)57-46-16-8-5-13-40(46)42-24-31(18-20-48(42)57)38-11-3-2-10-33(38)29-54/h2-28H. The summed E-state index contributed by atoms with van der Waals surface area (Å²) < 4.78 is 34.0. The lowest BCUT2D eigenvalue weighted by Crippen LogP contribution is -2.05. The highest BCUT2D eigenvalue weighted by molar-refractivity contribution is 6.12. The van der Waals surface area contributed by atoms with E-state index < -0.39 is 11.6 Å². The molecule has 270 valence electrons. The predicted octanol–water partition coefficient (Wildman–Crippen LogP) is 13.5. The van der Waals surface area contributed by atoms with Crippen molar-refractivity contribution in [2.24, 2.45) is 0 Å². The quantitative estimate of drug-likeness (QED) is 0.165. The fourth-order valence-electron chi connectivity index (χ4n) is 8.41. The molecule has 0 saturated heterocycles. The summed E-state index contributed by atoms with van der Waals surface area (Å²) in [6.45, 7) is 7.78. The fourth-order valence-corrected chi connectivity index (χ4v) is 8.41. The number of nitrogens with zero attached hydrogens (tertiary/aromatic N) is 5. The topological polar surface area (TPSA) is 61.8 Å². The summed E-state index contributed by atoms with van der Waals surface area (Å²) in [7, 11) is 0. The van der Waals surface area contributed by atoms with Gasteiger partial charge in [-0.25, -0.2) is 13.6 Å². The maximum absolute atomic E-state index is 15.0. The molecule has 0 aliphatic rings. The number of para-hydroxylation sites is 3. The predicted molar refractivity (Wildman–Crippen MR) is 227 cm³/mol. The van der Waals surface area contributed by atoms with Crippen LogP contribution in [0.25, 0.3) is 93.2 Å². The average Bonchev–Trinajstić information content (AvgIpc) is 3.77. The Morgan fingerprint density at radius 1 is 0.448 bits per heavy atom. The van der Waals surface area contributed by atoms with Gasteiger partial charge in [0.25, 0.3) is 0 Å². The van der Waals surface area contributed by atoms with Gasteiger partial charge >= 0.3 is 0 Å². The smallest absolute Gasteiger partial charge is 0.194 e. The van der Waals surface area contributed by atoms with Gasteiger partial charge < -0.3 is 9.13 Å². The van der Waals surface area contributed by atoms with Crippen molar-refractivity contribution < 1.29 is 8.78 Å². The third-order valence-corrected chi connectivity index (χ3v) is 10.9. The van der Waals surface area contributed by atoms with Gasteiger partial charge in [0.1, 0.15) is 23.3 Å². The Bertz CT molecular complexity index is 3260. The molecule has 0 spiro atoms. The molecule has 5 nitrogen and oxygen atoms in total. The zero-order valence-electron chi connectivity index (χ0n) is 30.6. The number of benzene rings is 8. The highest BCUT2D eigenvalue weighted by Gasteiger charge is 2.23. The van der Waals surface area contributed by atoms with Crippen LogP contribution in [0.4, 0.5) is 14.5 Å². The Morgan fingerprint density at radius 2 is 0.931 bits per heavy atom. The minimum atomic E-state index is -0.714. The summed E-state index contributed by atoms with van der Waals surface area (Å²) in [5.74, 6) is -1.43. The summed E-state index contributed by atoms with van der Waals surface area (Å²) in [6.07, 6.45) is 0. The van der Waals surface area contributed by atoms with Crippen LogP contribution < -0.4 is 0 Å². The van der Waals surface area contributed by atoms with Gasteiger partial charge in [-0.05, 0) is 100 Å². The molecule has 58 heavy (non-hydrogen) atoms. The molecule has 0 aliphatic carbocycles. The van der Waals surface area contributed by atoms with E-state index in [2.05, 4.69) is 29.1 Å². The van der Waals surface area contributed by atoms with E-state index in [1.165, 1.54) is 12.1 Å². The Balaban J connectivity index is 1.30. The van der Waals surface area contributed by atoms with Crippen LogP contribution in [0.3, 0.4) is 0 Å². The number of hydrogen-bond donors (Lipinski definition) is 0. The van der Waals surface area contributed by atoms with Crippen LogP contribution in [0.15, 0.2) is 164 Å². The van der Waals surface area contributed by atoms with E-state index in [4.69, 9.17) is 6.57 Å². The number of hydrogen-bond acceptors (Lipinski definition) is 2. The van der Waals surface area contributed by atoms with Crippen LogP contribution in [-0.2, 0) is 0 Å². The molecule has 0 saturated carbocycles. The molecule has 0 aliphatic heterocycles. The van der Waals surface area contributed by atoms with E-state index >= 15 is 0 Å². The van der Waals surface area contributed by atoms with Crippen molar-refractivity contribution in [1.82, 2.24) is 9.13 Å². The van der Waals surface area contributed by atoms with Crippen LogP contribution in [-0.4, -0.2) is 9.13 Å². The first kappa shape index (κ1) is 34.2. The monoisotopic (exact) mass is 747 g/mol. The van der Waals surface area contributed by atoms with Crippen molar-refractivity contribution in [2.75, 3.05) is 0 Å². The molecule has 0 N–H and O–H groups in total. The lowest BCUT2D eigenvalue weighted by atomic mass is 9.98. The van der Waals surface area contributed by atoms with Crippen molar-refractivity contribution in [1.29, 1.82) is 10.5 Å². The third-order valence-electron chi connectivity index (χ3n) is 10.9. The second-order valence-corrected chi connectivity index (χ2v) is 14.1. The van der Waals surface area contributed by atoms with Gasteiger partial charge in [0.2, 0.25) is 0 Å². The van der Waals surface area contributed by atoms with Crippen molar-refractivity contribution in [2.45, 2.75) is 0 Å². The van der Waals surface area contributed by atoms with Gasteiger partial charge in [0.05, 0.1) is 51.6 Å². The number of aromatic nitrogens is 2. The third kappa shape index (κ3) is 5.33. The highest BCUT2D eigenvalue weighted by Crippen LogP contribution is 2.42. The molecule has 0 radical (unpaired) electrons. The van der Waals surface area contributed by atoms with Crippen molar-refractivity contribution in [3.8, 4) is 56.9 Å². The lowest BCUT2D eigenvalue weighted by Gasteiger charge is -2.18. The van der Waals surface area contributed by atoms with E-state index in [1.54, 1.807) is 12.1 Å². The molecule has 0 amide bonds. The van der Waals surface area contributed by atoms with Crippen LogP contribution in [0.2, 0.25) is 0 Å². The van der Waals surface area contributed by atoms with Crippen LogP contribution in [0, 0.1) is 40.9 Å². The van der Waals surface area contributed by atoms with Gasteiger partial charge in [-0.2, -0.15) is 10.5 Å². The first-order valence-electron chi connectivity index (χ1n) is 18.5. The largest absolute Gasteiger partial charge is 0.308 e. The average molecular weight is 748 g/mol. The van der Waals surface area contributed by atoms with Gasteiger partial charge in [-0.15, -0.1) is 0 Å². The van der Waals surface area contributed by atoms with E-state index in [1.807, 2.05) is 130 Å². The molecule has 10 aromatic rings. The first-order valence-corrected chi connectivity index (χ1v) is 18.5. The SMILES string of the molecule is [C-]#[N+]c1ccccc1-c1ccc2c(c1)c1ccccc1n2-c1cc(-c2cc(F)cc(F)c2)cc(-n2c3ccccc3c3cc(-c4ccccc4C#N)ccc32)c1C#N. The molecule has 0 fully saturated rings. The van der Waals surface area contributed by atoms with Crippen LogP contribution in [0.1, 0.15) is 11.1 Å². The number of fused-ring (bicyclic) bond motifs is 6. The molecule has 10 rings (SSSR count). The Labute approximate surface area is 331 Å². The van der Waals surface area contributed by atoms with E-state index in [0.29, 0.717) is 39.3 Å². The normalized spacial score (nSPS) is 11.2. The van der Waals surface area contributed by atoms with Crippen LogP contribution in [0.5, 0.6) is 0 Å². The lowest BCUT2D eigenvalue weighted by molar-refractivity contribution is 0.584. The number of halogens is 2. The fraction of sp³-hybridized carbons (Fsp3) is 0. The molecule has 2 heterocycles. The molecular formula is C51H27F2N5. The Kier molecular flexibility index (Phi) is 7.94. The van der Waals surface area contributed by atoms with Crippen LogP contribution >= 0.6 is 0 Å². The summed E-state index contributed by atoms with van der Waals surface area (Å²) in [4.78, 5) is 3.76. The van der Waals surface area contributed by atoms with E-state index in [-0.39, 0.29) is 0 Å². The van der Waals surface area contributed by atoms with E-state index in [0.717, 1.165) is 71.9 Å². The minimum absolute atomic E-state index is 0.319. The molecule has 0 unspecified atom stereocenters. The second-order valence-electron chi connectivity index (χ2n) is 14.1. The molecule has 8 aromatic carbocycles. The number of nitriles is 2. The van der Waals surface area contributed by atoms with Gasteiger partial charge in [-0.3, -0.25) is 0 Å². The zero-order valence-corrected chi connectivity index (χ0v) is 30.6. The van der Waals surface area contributed by atoms with E-state index in [9.17, 15) is 19.3 Å². The Morgan fingerprint density at radius 3 is 1.50 bits per heavy atom. The number of rotatable bonds is 5. The molecule has 2 aromatic heterocycles. The Hall–Kier alpha value is -8.31. The molecule has 7 heteroatoms. The summed E-state index contributed by atoms with van der Waals surface area (Å²) in [6, 6.07) is 54.9. The second kappa shape index (κ2) is 13.5. The first-order chi connectivity index (χ1) is 28.4. The summed E-state index contributed by atoms with van der Waals surface area (Å²) in [5.41, 5.74) is 10.0. The highest BCUT2D eigenvalue weighted by atomic mass is 19.1. The van der Waals surface area contributed by atoms with Crippen molar-refractivity contribution >= 4 is 49.3 Å². The maximum Gasteiger partial charge on any atom is 0.194 e. The molecule has 0 bridgehead atoms. The molecular weight excluding hydrogens is 721 g/mol. The minimum Gasteiger partial charge on any atom is -0.308 e.